The fourth-order valence-corrected chi connectivity index (χ4v) is 1.56. The standard InChI is InChI=1S/C11H14BrFN2O.ClH/c1-14-6-2-3-11(16)15-10-5-4-8(12)7-9(10)13;/h4-5,7,14H,2-3,6H2,1H3,(H,15,16);1H. The first-order valence-electron chi connectivity index (χ1n) is 5.03. The van der Waals surface area contributed by atoms with E-state index in [1.807, 2.05) is 7.05 Å². The first-order valence-corrected chi connectivity index (χ1v) is 5.82. The van der Waals surface area contributed by atoms with Gasteiger partial charge in [0.05, 0.1) is 5.69 Å². The number of nitrogens with one attached hydrogen (secondary N) is 2. The molecule has 0 saturated carbocycles. The van der Waals surface area contributed by atoms with Gasteiger partial charge in [0, 0.05) is 10.9 Å². The van der Waals surface area contributed by atoms with Gasteiger partial charge in [-0.05, 0) is 38.2 Å². The Bertz CT molecular complexity index is 376. The van der Waals surface area contributed by atoms with Crippen LogP contribution >= 0.6 is 28.3 Å². The molecule has 2 N–H and O–H groups in total. The second-order valence-corrected chi connectivity index (χ2v) is 4.30. The Morgan fingerprint density at radius 3 is 2.76 bits per heavy atom. The minimum absolute atomic E-state index is 0. The third-order valence-corrected chi connectivity index (χ3v) is 2.53. The fourth-order valence-electron chi connectivity index (χ4n) is 1.23. The summed E-state index contributed by atoms with van der Waals surface area (Å²) in [5.41, 5.74) is 0.220. The molecule has 0 atom stereocenters. The van der Waals surface area contributed by atoms with Crippen LogP contribution in [0.25, 0.3) is 0 Å². The van der Waals surface area contributed by atoms with Gasteiger partial charge in [-0.25, -0.2) is 4.39 Å². The van der Waals surface area contributed by atoms with E-state index in [9.17, 15) is 9.18 Å². The van der Waals surface area contributed by atoms with E-state index in [1.165, 1.54) is 12.1 Å². The Morgan fingerprint density at radius 2 is 2.18 bits per heavy atom. The van der Waals surface area contributed by atoms with Crippen molar-refractivity contribution in [1.82, 2.24) is 5.32 Å². The van der Waals surface area contributed by atoms with Gasteiger partial charge >= 0.3 is 0 Å². The molecule has 1 amide bonds. The monoisotopic (exact) mass is 324 g/mol. The van der Waals surface area contributed by atoms with E-state index >= 15 is 0 Å². The van der Waals surface area contributed by atoms with Crippen LogP contribution in [-0.2, 0) is 4.79 Å². The van der Waals surface area contributed by atoms with Crippen LogP contribution in [0, 0.1) is 5.82 Å². The van der Waals surface area contributed by atoms with Crippen LogP contribution in [-0.4, -0.2) is 19.5 Å². The minimum atomic E-state index is -0.434. The molecule has 1 rings (SSSR count). The van der Waals surface area contributed by atoms with Crippen molar-refractivity contribution in [2.45, 2.75) is 12.8 Å². The zero-order valence-electron chi connectivity index (χ0n) is 9.43. The molecular weight excluding hydrogens is 310 g/mol. The minimum Gasteiger partial charge on any atom is -0.324 e. The second-order valence-electron chi connectivity index (χ2n) is 3.38. The molecule has 1 aromatic carbocycles. The molecule has 0 aliphatic carbocycles. The van der Waals surface area contributed by atoms with E-state index in [4.69, 9.17) is 0 Å². The average molecular weight is 326 g/mol. The molecule has 0 spiro atoms. The van der Waals surface area contributed by atoms with Crippen molar-refractivity contribution in [1.29, 1.82) is 0 Å². The molecular formula is C11H15BrClFN2O. The third-order valence-electron chi connectivity index (χ3n) is 2.04. The SMILES string of the molecule is CNCCCC(=O)Nc1ccc(Br)cc1F.Cl. The number of benzene rings is 1. The number of hydrogen-bond donors (Lipinski definition) is 2. The summed E-state index contributed by atoms with van der Waals surface area (Å²) in [7, 11) is 1.83. The van der Waals surface area contributed by atoms with Crippen LogP contribution in [0.4, 0.5) is 10.1 Å². The summed E-state index contributed by atoms with van der Waals surface area (Å²) in [5, 5.41) is 5.48. The highest BCUT2D eigenvalue weighted by Gasteiger charge is 2.06. The molecule has 0 fully saturated rings. The van der Waals surface area contributed by atoms with Gasteiger partial charge in [0.2, 0.25) is 5.91 Å². The molecule has 6 heteroatoms. The molecule has 0 unspecified atom stereocenters. The third kappa shape index (κ3) is 6.00. The number of amides is 1. The molecule has 96 valence electrons. The van der Waals surface area contributed by atoms with Crippen LogP contribution in [0.5, 0.6) is 0 Å². The van der Waals surface area contributed by atoms with Gasteiger partial charge in [-0.15, -0.1) is 12.4 Å². The summed E-state index contributed by atoms with van der Waals surface area (Å²) >= 11 is 3.15. The van der Waals surface area contributed by atoms with Gasteiger partial charge in [0.15, 0.2) is 0 Å². The average Bonchev–Trinajstić information content (AvgIpc) is 2.23. The molecule has 0 radical (unpaired) electrons. The lowest BCUT2D eigenvalue weighted by Gasteiger charge is -2.06. The van der Waals surface area contributed by atoms with Gasteiger partial charge < -0.3 is 10.6 Å². The number of carbonyl (C=O) groups excluding carboxylic acids is 1. The number of hydrogen-bond acceptors (Lipinski definition) is 2. The van der Waals surface area contributed by atoms with E-state index < -0.39 is 5.82 Å². The molecule has 0 aromatic heterocycles. The highest BCUT2D eigenvalue weighted by atomic mass is 79.9. The Kier molecular flexibility index (Phi) is 8.12. The van der Waals surface area contributed by atoms with Gasteiger partial charge in [0.25, 0.3) is 0 Å². The van der Waals surface area contributed by atoms with Gasteiger partial charge in [0.1, 0.15) is 5.82 Å². The van der Waals surface area contributed by atoms with Crippen LogP contribution in [0.3, 0.4) is 0 Å². The summed E-state index contributed by atoms with van der Waals surface area (Å²) in [5.74, 6) is -0.604. The maximum Gasteiger partial charge on any atom is 0.224 e. The van der Waals surface area contributed by atoms with Crippen molar-refractivity contribution in [3.8, 4) is 0 Å². The number of rotatable bonds is 5. The first kappa shape index (κ1) is 16.4. The van der Waals surface area contributed by atoms with Crippen molar-refractivity contribution in [2.24, 2.45) is 0 Å². The van der Waals surface area contributed by atoms with Crippen molar-refractivity contribution in [3.63, 3.8) is 0 Å². The number of carbonyl (C=O) groups is 1. The number of halogens is 3. The largest absolute Gasteiger partial charge is 0.324 e. The summed E-state index contributed by atoms with van der Waals surface area (Å²) in [4.78, 5) is 11.4. The Labute approximate surface area is 115 Å². The van der Waals surface area contributed by atoms with Crippen LogP contribution < -0.4 is 10.6 Å². The van der Waals surface area contributed by atoms with Crippen LogP contribution in [0.2, 0.25) is 0 Å². The molecule has 0 saturated heterocycles. The summed E-state index contributed by atoms with van der Waals surface area (Å²) in [6, 6.07) is 4.55. The van der Waals surface area contributed by atoms with Crippen molar-refractivity contribution in [3.05, 3.63) is 28.5 Å². The first-order chi connectivity index (χ1) is 7.63. The lowest BCUT2D eigenvalue weighted by Crippen LogP contribution is -2.15. The second kappa shape index (κ2) is 8.44. The Hall–Kier alpha value is -0.650. The topological polar surface area (TPSA) is 41.1 Å². The van der Waals surface area contributed by atoms with E-state index in [0.717, 1.165) is 13.0 Å². The number of anilines is 1. The molecule has 0 aliphatic heterocycles. The molecule has 0 aliphatic rings. The maximum atomic E-state index is 13.3. The zero-order chi connectivity index (χ0) is 12.0. The Balaban J connectivity index is 0.00000256. The smallest absolute Gasteiger partial charge is 0.224 e. The van der Waals surface area contributed by atoms with Crippen LogP contribution in [0.1, 0.15) is 12.8 Å². The normalized spacial score (nSPS) is 9.59. The Morgan fingerprint density at radius 1 is 1.47 bits per heavy atom. The van der Waals surface area contributed by atoms with Gasteiger partial charge in [-0.2, -0.15) is 0 Å². The highest BCUT2D eigenvalue weighted by molar-refractivity contribution is 9.10. The van der Waals surface area contributed by atoms with Crippen molar-refractivity contribution < 1.29 is 9.18 Å². The van der Waals surface area contributed by atoms with Crippen molar-refractivity contribution >= 4 is 39.9 Å². The predicted molar refractivity (Wildman–Crippen MR) is 73.1 cm³/mol. The lowest BCUT2D eigenvalue weighted by atomic mass is 10.2. The highest BCUT2D eigenvalue weighted by Crippen LogP contribution is 2.19. The zero-order valence-corrected chi connectivity index (χ0v) is 11.8. The summed E-state index contributed by atoms with van der Waals surface area (Å²) in [6.07, 6.45) is 1.12. The molecule has 0 bridgehead atoms. The molecule has 3 nitrogen and oxygen atoms in total. The predicted octanol–water partition coefficient (Wildman–Crippen LogP) is 2.95. The molecule has 0 heterocycles. The quantitative estimate of drug-likeness (QED) is 0.817. The van der Waals surface area contributed by atoms with Crippen LogP contribution in [0.15, 0.2) is 22.7 Å². The molecule has 1 aromatic rings. The molecule has 17 heavy (non-hydrogen) atoms. The lowest BCUT2D eigenvalue weighted by molar-refractivity contribution is -0.116. The van der Waals surface area contributed by atoms with Gasteiger partial charge in [-0.1, -0.05) is 15.9 Å². The summed E-state index contributed by atoms with van der Waals surface area (Å²) < 4.78 is 14.0. The van der Waals surface area contributed by atoms with E-state index in [0.29, 0.717) is 10.9 Å². The van der Waals surface area contributed by atoms with Gasteiger partial charge in [-0.3, -0.25) is 4.79 Å². The van der Waals surface area contributed by atoms with E-state index in [-0.39, 0.29) is 24.0 Å². The van der Waals surface area contributed by atoms with E-state index in [1.54, 1.807) is 6.07 Å². The summed E-state index contributed by atoms with van der Waals surface area (Å²) in [6.45, 7) is 0.774. The fraction of sp³-hybridized carbons (Fsp3) is 0.364. The maximum absolute atomic E-state index is 13.3. The van der Waals surface area contributed by atoms with E-state index in [2.05, 4.69) is 26.6 Å². The van der Waals surface area contributed by atoms with Crippen molar-refractivity contribution in [2.75, 3.05) is 18.9 Å².